The number of hydrogen-bond donors (Lipinski definition) is 1. The highest BCUT2D eigenvalue weighted by molar-refractivity contribution is 6.09. The number of nitro groups is 1. The van der Waals surface area contributed by atoms with Gasteiger partial charge in [0.15, 0.2) is 6.23 Å². The second kappa shape index (κ2) is 13.6. The van der Waals surface area contributed by atoms with E-state index in [0.717, 1.165) is 41.3 Å². The molecular formula is C37H39N5O7. The summed E-state index contributed by atoms with van der Waals surface area (Å²) in [6, 6.07) is 15.6. The van der Waals surface area contributed by atoms with Crippen molar-refractivity contribution in [1.82, 2.24) is 14.3 Å². The molecule has 1 fully saturated rings. The molecule has 6 rings (SSSR count). The number of aromatic nitrogens is 3. The SMILES string of the molecule is CCc1c([N+](=O)[O-])ccc(C(=O)O)c1-c1cc(C(=O)N(Cc2cccc(OC)c2C)c2ccc3cnn(C4CCCCO4)c3c2)c(C)n1C. The van der Waals surface area contributed by atoms with Gasteiger partial charge in [-0.3, -0.25) is 14.9 Å². The highest BCUT2D eigenvalue weighted by atomic mass is 16.6. The van der Waals surface area contributed by atoms with Gasteiger partial charge in [-0.1, -0.05) is 19.1 Å². The quantitative estimate of drug-likeness (QED) is 0.120. The van der Waals surface area contributed by atoms with Crippen LogP contribution in [0.15, 0.2) is 60.8 Å². The van der Waals surface area contributed by atoms with Crippen LogP contribution in [0.1, 0.15) is 75.5 Å². The Morgan fingerprint density at radius 3 is 2.59 bits per heavy atom. The normalized spacial score (nSPS) is 14.6. The lowest BCUT2D eigenvalue weighted by molar-refractivity contribution is -0.385. The first kappa shape index (κ1) is 33.4. The number of rotatable bonds is 10. The van der Waals surface area contributed by atoms with E-state index < -0.39 is 10.9 Å². The molecule has 1 aliphatic heterocycles. The van der Waals surface area contributed by atoms with Gasteiger partial charge in [-0.25, -0.2) is 9.48 Å². The van der Waals surface area contributed by atoms with Crippen LogP contribution in [0.2, 0.25) is 0 Å². The molecule has 3 aromatic carbocycles. The lowest BCUT2D eigenvalue weighted by atomic mass is 9.94. The maximum absolute atomic E-state index is 14.9. The van der Waals surface area contributed by atoms with E-state index in [9.17, 15) is 24.8 Å². The zero-order valence-corrected chi connectivity index (χ0v) is 28.2. The number of aromatic carboxylic acids is 1. The van der Waals surface area contributed by atoms with Crippen LogP contribution in [0, 0.1) is 24.0 Å². The third-order valence-corrected chi connectivity index (χ3v) is 9.60. The minimum atomic E-state index is -1.21. The molecule has 1 saturated heterocycles. The topological polar surface area (TPSA) is 142 Å². The van der Waals surface area contributed by atoms with Crippen LogP contribution in [0.3, 0.4) is 0 Å². The number of nitrogens with zero attached hydrogens (tertiary/aromatic N) is 5. The van der Waals surface area contributed by atoms with Gasteiger partial charge in [0, 0.05) is 47.6 Å². The van der Waals surface area contributed by atoms with Crippen LogP contribution in [-0.2, 0) is 24.8 Å². The number of carboxylic acids is 1. The van der Waals surface area contributed by atoms with Crippen molar-refractivity contribution in [1.29, 1.82) is 0 Å². The second-order valence-corrected chi connectivity index (χ2v) is 12.3. The maximum Gasteiger partial charge on any atom is 0.336 e. The number of amides is 1. The summed E-state index contributed by atoms with van der Waals surface area (Å²) in [5.74, 6) is -0.834. The first-order chi connectivity index (χ1) is 23.5. The van der Waals surface area contributed by atoms with Gasteiger partial charge >= 0.3 is 5.97 Å². The fourth-order valence-electron chi connectivity index (χ4n) is 6.78. The van der Waals surface area contributed by atoms with E-state index in [1.54, 1.807) is 49.7 Å². The number of carboxylic acid groups (broad SMARTS) is 1. The van der Waals surface area contributed by atoms with Crippen molar-refractivity contribution in [3.05, 3.63) is 104 Å². The molecule has 49 heavy (non-hydrogen) atoms. The minimum absolute atomic E-state index is 0.0745. The monoisotopic (exact) mass is 665 g/mol. The number of anilines is 1. The molecule has 0 spiro atoms. The third-order valence-electron chi connectivity index (χ3n) is 9.60. The van der Waals surface area contributed by atoms with Gasteiger partial charge < -0.3 is 24.0 Å². The van der Waals surface area contributed by atoms with Gasteiger partial charge in [-0.15, -0.1) is 0 Å². The van der Waals surface area contributed by atoms with E-state index in [4.69, 9.17) is 9.47 Å². The summed E-state index contributed by atoms with van der Waals surface area (Å²) < 4.78 is 15.2. The van der Waals surface area contributed by atoms with Crippen LogP contribution in [-0.4, -0.2) is 50.0 Å². The van der Waals surface area contributed by atoms with Gasteiger partial charge in [0.1, 0.15) is 5.75 Å². The predicted octanol–water partition coefficient (Wildman–Crippen LogP) is 7.38. The van der Waals surface area contributed by atoms with Crippen molar-refractivity contribution in [2.45, 2.75) is 59.2 Å². The molecule has 1 unspecified atom stereocenters. The van der Waals surface area contributed by atoms with Gasteiger partial charge in [-0.05, 0) is 87.1 Å². The summed E-state index contributed by atoms with van der Waals surface area (Å²) >= 11 is 0. The van der Waals surface area contributed by atoms with E-state index in [0.29, 0.717) is 35.0 Å². The van der Waals surface area contributed by atoms with Crippen LogP contribution in [0.25, 0.3) is 22.2 Å². The zero-order chi connectivity index (χ0) is 35.0. The number of ether oxygens (including phenoxy) is 2. The smallest absolute Gasteiger partial charge is 0.336 e. The van der Waals surface area contributed by atoms with Gasteiger partial charge in [-0.2, -0.15) is 5.10 Å². The van der Waals surface area contributed by atoms with Crippen molar-refractivity contribution in [3.63, 3.8) is 0 Å². The molecule has 12 heteroatoms. The number of carbonyl (C=O) groups excluding carboxylic acids is 1. The molecule has 1 amide bonds. The molecule has 5 aromatic rings. The Morgan fingerprint density at radius 2 is 1.92 bits per heavy atom. The fraction of sp³-hybridized carbons (Fsp3) is 0.324. The summed E-state index contributed by atoms with van der Waals surface area (Å²) in [5, 5.41) is 27.7. The lowest BCUT2D eigenvalue weighted by Gasteiger charge is -2.26. The number of hydrogen-bond acceptors (Lipinski definition) is 7. The van der Waals surface area contributed by atoms with Crippen LogP contribution < -0.4 is 9.64 Å². The van der Waals surface area contributed by atoms with E-state index in [1.165, 1.54) is 12.1 Å². The second-order valence-electron chi connectivity index (χ2n) is 12.3. The summed E-state index contributed by atoms with van der Waals surface area (Å²) in [6.45, 7) is 6.35. The Bertz CT molecular complexity index is 2090. The molecule has 0 bridgehead atoms. The molecule has 0 radical (unpaired) electrons. The number of fused-ring (bicyclic) bond motifs is 1. The van der Waals surface area contributed by atoms with Crippen molar-refractivity contribution < 1.29 is 29.1 Å². The molecule has 12 nitrogen and oxygen atoms in total. The average molecular weight is 666 g/mol. The van der Waals surface area contributed by atoms with Gasteiger partial charge in [0.05, 0.1) is 47.1 Å². The summed E-state index contributed by atoms with van der Waals surface area (Å²) in [5.41, 5.74) is 4.84. The van der Waals surface area contributed by atoms with E-state index in [-0.39, 0.29) is 47.5 Å². The minimum Gasteiger partial charge on any atom is -0.496 e. The lowest BCUT2D eigenvalue weighted by Crippen LogP contribution is -2.31. The Labute approximate surface area is 283 Å². The zero-order valence-electron chi connectivity index (χ0n) is 28.2. The van der Waals surface area contributed by atoms with Gasteiger partial charge in [0.25, 0.3) is 11.6 Å². The Hall–Kier alpha value is -5.49. The molecule has 1 N–H and O–H groups in total. The molecule has 0 saturated carbocycles. The molecule has 1 atom stereocenters. The molecule has 2 aromatic heterocycles. The summed E-state index contributed by atoms with van der Waals surface area (Å²) in [6.07, 6.45) is 4.71. The average Bonchev–Trinajstić information content (AvgIpc) is 3.66. The Kier molecular flexibility index (Phi) is 9.24. The third kappa shape index (κ3) is 6.04. The van der Waals surface area contributed by atoms with E-state index >= 15 is 0 Å². The van der Waals surface area contributed by atoms with E-state index in [1.807, 2.05) is 48.0 Å². The van der Waals surface area contributed by atoms with Crippen LogP contribution in [0.4, 0.5) is 11.4 Å². The Morgan fingerprint density at radius 1 is 1.12 bits per heavy atom. The van der Waals surface area contributed by atoms with Crippen molar-refractivity contribution in [3.8, 4) is 17.0 Å². The molecule has 3 heterocycles. The molecule has 254 valence electrons. The first-order valence-electron chi connectivity index (χ1n) is 16.3. The first-order valence-corrected chi connectivity index (χ1v) is 16.3. The van der Waals surface area contributed by atoms with Crippen LogP contribution in [0.5, 0.6) is 5.75 Å². The van der Waals surface area contributed by atoms with Crippen molar-refractivity contribution >= 4 is 34.2 Å². The van der Waals surface area contributed by atoms with Gasteiger partial charge in [0.2, 0.25) is 0 Å². The molecule has 0 aliphatic carbocycles. The maximum atomic E-state index is 14.9. The number of carbonyl (C=O) groups is 2. The summed E-state index contributed by atoms with van der Waals surface area (Å²) in [7, 11) is 3.34. The highest BCUT2D eigenvalue weighted by Crippen LogP contribution is 2.38. The molecule has 1 aliphatic rings. The predicted molar refractivity (Wildman–Crippen MR) is 185 cm³/mol. The summed E-state index contributed by atoms with van der Waals surface area (Å²) in [4.78, 5) is 40.4. The van der Waals surface area contributed by atoms with Crippen molar-refractivity contribution in [2.24, 2.45) is 7.05 Å². The number of nitro benzene ring substituents is 1. The standard InChI is InChI=1S/C37H39N5O7/c1-6-27-30(42(46)47)16-15-28(37(44)45)35(27)32-19-29(23(3)39(32)4)36(43)40(21-25-10-9-11-33(48-5)22(25)2)26-14-13-24-20-38-41(31(24)18-26)34-12-7-8-17-49-34/h9-11,13-16,18-20,34H,6-8,12,17,21H2,1-5H3,(H,44,45). The van der Waals surface area contributed by atoms with Crippen LogP contribution >= 0.6 is 0 Å². The van der Waals surface area contributed by atoms with E-state index in [2.05, 4.69) is 5.10 Å². The molecular weight excluding hydrogens is 626 g/mol. The highest BCUT2D eigenvalue weighted by Gasteiger charge is 2.30. The number of methoxy groups -OCH3 is 1. The number of benzene rings is 3. The Balaban J connectivity index is 1.51. The largest absolute Gasteiger partial charge is 0.496 e. The fourth-order valence-corrected chi connectivity index (χ4v) is 6.78. The van der Waals surface area contributed by atoms with Crippen molar-refractivity contribution in [2.75, 3.05) is 18.6 Å².